The van der Waals surface area contributed by atoms with Gasteiger partial charge in [-0.1, -0.05) is 29.5 Å². The van der Waals surface area contributed by atoms with Crippen LogP contribution < -0.4 is 4.74 Å². The maximum Gasteiger partial charge on any atom is 0.274 e. The van der Waals surface area contributed by atoms with Crippen LogP contribution >= 0.6 is 22.7 Å². The second-order valence-electron chi connectivity index (χ2n) is 6.44. The predicted molar refractivity (Wildman–Crippen MR) is 103 cm³/mol. The SMILES string of the molecule is Cc1ccc(C)c2sc(OC3CCN(C(=O)c4cccs4)CC3)nc12. The van der Waals surface area contributed by atoms with E-state index in [0.717, 1.165) is 41.5 Å². The second kappa shape index (κ2) is 6.77. The molecule has 0 bridgehead atoms. The normalized spacial score (nSPS) is 15.7. The summed E-state index contributed by atoms with van der Waals surface area (Å²) < 4.78 is 7.35. The Morgan fingerprint density at radius 3 is 2.64 bits per heavy atom. The summed E-state index contributed by atoms with van der Waals surface area (Å²) >= 11 is 3.13. The first-order chi connectivity index (χ1) is 12.1. The van der Waals surface area contributed by atoms with Crippen molar-refractivity contribution in [3.05, 3.63) is 45.6 Å². The van der Waals surface area contributed by atoms with E-state index in [1.165, 1.54) is 27.2 Å². The van der Waals surface area contributed by atoms with Crippen molar-refractivity contribution >= 4 is 38.8 Å². The van der Waals surface area contributed by atoms with Gasteiger partial charge in [0.2, 0.25) is 0 Å². The third-order valence-electron chi connectivity index (χ3n) is 4.65. The monoisotopic (exact) mass is 372 g/mol. The second-order valence-corrected chi connectivity index (χ2v) is 8.35. The number of likely N-dealkylation sites (tertiary alicyclic amines) is 1. The summed E-state index contributed by atoms with van der Waals surface area (Å²) in [4.78, 5) is 19.8. The molecule has 1 fully saturated rings. The lowest BCUT2D eigenvalue weighted by Gasteiger charge is -2.31. The van der Waals surface area contributed by atoms with E-state index in [2.05, 4.69) is 31.0 Å². The predicted octanol–water partition coefficient (Wildman–Crippen LogP) is 4.66. The van der Waals surface area contributed by atoms with Gasteiger partial charge in [-0.05, 0) is 36.4 Å². The van der Waals surface area contributed by atoms with Gasteiger partial charge in [-0.3, -0.25) is 4.79 Å². The van der Waals surface area contributed by atoms with Crippen LogP contribution in [0.4, 0.5) is 0 Å². The van der Waals surface area contributed by atoms with Gasteiger partial charge in [0.25, 0.3) is 11.1 Å². The third kappa shape index (κ3) is 3.28. The Labute approximate surface area is 155 Å². The average molecular weight is 373 g/mol. The maximum absolute atomic E-state index is 12.4. The van der Waals surface area contributed by atoms with Crippen LogP contribution in [-0.2, 0) is 0 Å². The minimum Gasteiger partial charge on any atom is -0.467 e. The van der Waals surface area contributed by atoms with E-state index < -0.39 is 0 Å². The summed E-state index contributed by atoms with van der Waals surface area (Å²) in [5.41, 5.74) is 3.47. The summed E-state index contributed by atoms with van der Waals surface area (Å²) in [7, 11) is 0. The molecule has 0 spiro atoms. The van der Waals surface area contributed by atoms with E-state index in [0.29, 0.717) is 0 Å². The molecule has 1 aliphatic rings. The van der Waals surface area contributed by atoms with Crippen LogP contribution in [0.5, 0.6) is 5.19 Å². The highest BCUT2D eigenvalue weighted by atomic mass is 32.1. The molecule has 0 atom stereocenters. The zero-order chi connectivity index (χ0) is 17.4. The first kappa shape index (κ1) is 16.5. The molecule has 3 aromatic rings. The molecule has 1 saturated heterocycles. The molecule has 2 aromatic heterocycles. The Kier molecular flexibility index (Phi) is 4.48. The molecule has 1 aliphatic heterocycles. The minimum absolute atomic E-state index is 0.133. The van der Waals surface area contributed by atoms with Crippen LogP contribution in [-0.4, -0.2) is 35.0 Å². The number of aromatic nitrogens is 1. The zero-order valence-electron chi connectivity index (χ0n) is 14.3. The van der Waals surface area contributed by atoms with Gasteiger partial charge in [-0.25, -0.2) is 4.98 Å². The summed E-state index contributed by atoms with van der Waals surface area (Å²) in [6.07, 6.45) is 1.84. The number of amides is 1. The zero-order valence-corrected chi connectivity index (χ0v) is 16.0. The van der Waals surface area contributed by atoms with Crippen LogP contribution in [0.1, 0.15) is 33.6 Å². The fraction of sp³-hybridized carbons (Fsp3) is 0.368. The van der Waals surface area contributed by atoms with Crippen LogP contribution in [0, 0.1) is 13.8 Å². The third-order valence-corrected chi connectivity index (χ3v) is 6.59. The number of ether oxygens (including phenoxy) is 1. The van der Waals surface area contributed by atoms with Gasteiger partial charge in [-0.15, -0.1) is 11.3 Å². The molecule has 25 heavy (non-hydrogen) atoms. The average Bonchev–Trinajstić information content (AvgIpc) is 3.29. The standard InChI is InChI=1S/C19H20N2O2S2/c1-12-5-6-13(2)17-16(12)20-19(25-17)23-14-7-9-21(10-8-14)18(22)15-4-3-11-24-15/h3-6,11,14H,7-10H2,1-2H3. The van der Waals surface area contributed by atoms with E-state index in [1.807, 2.05) is 22.4 Å². The van der Waals surface area contributed by atoms with Crippen molar-refractivity contribution in [3.8, 4) is 5.19 Å². The Bertz CT molecular complexity index is 855. The number of rotatable bonds is 3. The molecule has 3 heterocycles. The number of hydrogen-bond acceptors (Lipinski definition) is 5. The van der Waals surface area contributed by atoms with Crippen molar-refractivity contribution in [3.63, 3.8) is 0 Å². The van der Waals surface area contributed by atoms with E-state index in [4.69, 9.17) is 4.74 Å². The molecule has 4 rings (SSSR count). The maximum atomic E-state index is 12.4. The number of benzene rings is 1. The Hall–Kier alpha value is -1.92. The van der Waals surface area contributed by atoms with Crippen LogP contribution in [0.3, 0.4) is 0 Å². The molecule has 1 aromatic carbocycles. The molecule has 0 N–H and O–H groups in total. The minimum atomic E-state index is 0.133. The fourth-order valence-electron chi connectivity index (χ4n) is 3.17. The lowest BCUT2D eigenvalue weighted by atomic mass is 10.1. The molecule has 0 saturated carbocycles. The number of carbonyl (C=O) groups is 1. The van der Waals surface area contributed by atoms with Crippen molar-refractivity contribution in [2.24, 2.45) is 0 Å². The molecule has 1 amide bonds. The molecule has 4 nitrogen and oxygen atoms in total. The number of hydrogen-bond donors (Lipinski definition) is 0. The van der Waals surface area contributed by atoms with E-state index >= 15 is 0 Å². The van der Waals surface area contributed by atoms with Crippen molar-refractivity contribution < 1.29 is 9.53 Å². The molecule has 130 valence electrons. The Balaban J connectivity index is 1.41. The first-order valence-corrected chi connectivity index (χ1v) is 10.2. The smallest absolute Gasteiger partial charge is 0.274 e. The highest BCUT2D eigenvalue weighted by Crippen LogP contribution is 2.33. The summed E-state index contributed by atoms with van der Waals surface area (Å²) in [5.74, 6) is 0.139. The summed E-state index contributed by atoms with van der Waals surface area (Å²) in [6, 6.07) is 8.05. The molecular formula is C19H20N2O2S2. The lowest BCUT2D eigenvalue weighted by molar-refractivity contribution is 0.0600. The van der Waals surface area contributed by atoms with Crippen molar-refractivity contribution in [2.45, 2.75) is 32.8 Å². The molecule has 6 heteroatoms. The number of carbonyl (C=O) groups excluding carboxylic acids is 1. The number of piperidine rings is 1. The van der Waals surface area contributed by atoms with Crippen molar-refractivity contribution in [1.29, 1.82) is 0 Å². The van der Waals surface area contributed by atoms with E-state index in [1.54, 1.807) is 11.3 Å². The van der Waals surface area contributed by atoms with Crippen LogP contribution in [0.15, 0.2) is 29.6 Å². The van der Waals surface area contributed by atoms with Crippen molar-refractivity contribution in [2.75, 3.05) is 13.1 Å². The quantitative estimate of drug-likeness (QED) is 0.672. The number of thiazole rings is 1. The molecule has 0 unspecified atom stereocenters. The Morgan fingerprint density at radius 2 is 1.96 bits per heavy atom. The van der Waals surface area contributed by atoms with Gasteiger partial charge in [0.15, 0.2) is 0 Å². The summed E-state index contributed by atoms with van der Waals surface area (Å²) in [6.45, 7) is 5.67. The van der Waals surface area contributed by atoms with Gasteiger partial charge in [0.1, 0.15) is 6.10 Å². The van der Waals surface area contributed by atoms with Gasteiger partial charge in [0, 0.05) is 25.9 Å². The molecule has 0 aliphatic carbocycles. The van der Waals surface area contributed by atoms with E-state index in [-0.39, 0.29) is 12.0 Å². The molecule has 0 radical (unpaired) electrons. The van der Waals surface area contributed by atoms with Gasteiger partial charge in [-0.2, -0.15) is 0 Å². The topological polar surface area (TPSA) is 42.4 Å². The summed E-state index contributed by atoms with van der Waals surface area (Å²) in [5, 5.41) is 2.69. The lowest BCUT2D eigenvalue weighted by Crippen LogP contribution is -2.41. The first-order valence-electron chi connectivity index (χ1n) is 8.48. The molecular weight excluding hydrogens is 352 g/mol. The fourth-order valence-corrected chi connectivity index (χ4v) is 4.88. The van der Waals surface area contributed by atoms with E-state index in [9.17, 15) is 4.79 Å². The van der Waals surface area contributed by atoms with Crippen LogP contribution in [0.2, 0.25) is 0 Å². The van der Waals surface area contributed by atoms with Gasteiger partial charge >= 0.3 is 0 Å². The van der Waals surface area contributed by atoms with Crippen molar-refractivity contribution in [1.82, 2.24) is 9.88 Å². The number of nitrogens with zero attached hydrogens (tertiary/aromatic N) is 2. The van der Waals surface area contributed by atoms with Crippen LogP contribution in [0.25, 0.3) is 10.2 Å². The largest absolute Gasteiger partial charge is 0.467 e. The van der Waals surface area contributed by atoms with Gasteiger partial charge in [0.05, 0.1) is 15.1 Å². The van der Waals surface area contributed by atoms with Gasteiger partial charge < -0.3 is 9.64 Å². The Morgan fingerprint density at radius 1 is 1.20 bits per heavy atom. The number of fused-ring (bicyclic) bond motifs is 1. The highest BCUT2D eigenvalue weighted by molar-refractivity contribution is 7.20. The highest BCUT2D eigenvalue weighted by Gasteiger charge is 2.26. The number of aryl methyl sites for hydroxylation is 2. The number of thiophene rings is 1.